The van der Waals surface area contributed by atoms with Gasteiger partial charge in [-0.2, -0.15) is 0 Å². The summed E-state index contributed by atoms with van der Waals surface area (Å²) < 4.78 is 30.4. The summed E-state index contributed by atoms with van der Waals surface area (Å²) in [4.78, 5) is 15.3. The van der Waals surface area contributed by atoms with Crippen molar-refractivity contribution in [3.8, 4) is 0 Å². The first-order valence-corrected chi connectivity index (χ1v) is 6.49. The van der Waals surface area contributed by atoms with Gasteiger partial charge in [0.25, 0.3) is 6.43 Å². The standard InChI is InChI=1S/C11H11BrClF2NO2/c1-2-18-9(17)3-6-8(4-13)16-5-7(10(6)12)11(14)15/h5,11H,2-4H2,1H3. The summed E-state index contributed by atoms with van der Waals surface area (Å²) in [5, 5.41) is 0. The lowest BCUT2D eigenvalue weighted by Gasteiger charge is -2.12. The summed E-state index contributed by atoms with van der Waals surface area (Å²) in [5.74, 6) is -0.464. The van der Waals surface area contributed by atoms with Crippen LogP contribution in [0.15, 0.2) is 10.7 Å². The zero-order valence-electron chi connectivity index (χ0n) is 9.55. The Kier molecular flexibility index (Phi) is 5.95. The van der Waals surface area contributed by atoms with E-state index in [0.29, 0.717) is 11.3 Å². The number of halogens is 4. The van der Waals surface area contributed by atoms with Crippen LogP contribution in [-0.4, -0.2) is 17.6 Å². The van der Waals surface area contributed by atoms with Crippen LogP contribution in [0, 0.1) is 0 Å². The maximum Gasteiger partial charge on any atom is 0.310 e. The van der Waals surface area contributed by atoms with Gasteiger partial charge in [0.05, 0.1) is 30.2 Å². The molecular weight excluding hydrogens is 331 g/mol. The molecule has 0 saturated carbocycles. The number of aromatic nitrogens is 1. The summed E-state index contributed by atoms with van der Waals surface area (Å²) in [5.41, 5.74) is 0.477. The number of hydrogen-bond donors (Lipinski definition) is 0. The number of carbonyl (C=O) groups is 1. The maximum atomic E-state index is 12.7. The van der Waals surface area contributed by atoms with Gasteiger partial charge in [0, 0.05) is 16.2 Å². The van der Waals surface area contributed by atoms with Crippen molar-refractivity contribution in [2.75, 3.05) is 6.61 Å². The predicted octanol–water partition coefficient (Wildman–Crippen LogP) is 3.63. The molecule has 0 aliphatic carbocycles. The molecule has 100 valence electrons. The fourth-order valence-electron chi connectivity index (χ4n) is 1.39. The summed E-state index contributed by atoms with van der Waals surface area (Å²) in [6.07, 6.45) is -1.75. The highest BCUT2D eigenvalue weighted by molar-refractivity contribution is 9.10. The molecule has 0 N–H and O–H groups in total. The predicted molar refractivity (Wildman–Crippen MR) is 66.8 cm³/mol. The van der Waals surface area contributed by atoms with E-state index >= 15 is 0 Å². The molecule has 1 heterocycles. The molecule has 0 saturated heterocycles. The average Bonchev–Trinajstić information content (AvgIpc) is 2.31. The summed E-state index contributed by atoms with van der Waals surface area (Å²) in [7, 11) is 0. The molecule has 1 aromatic rings. The van der Waals surface area contributed by atoms with Gasteiger partial charge < -0.3 is 4.74 Å². The van der Waals surface area contributed by atoms with Crippen molar-refractivity contribution >= 4 is 33.5 Å². The van der Waals surface area contributed by atoms with E-state index in [2.05, 4.69) is 20.9 Å². The first kappa shape index (κ1) is 15.3. The van der Waals surface area contributed by atoms with Crippen LogP contribution >= 0.6 is 27.5 Å². The third kappa shape index (κ3) is 3.62. The van der Waals surface area contributed by atoms with Crippen molar-refractivity contribution in [1.82, 2.24) is 4.98 Å². The fourth-order valence-corrected chi connectivity index (χ4v) is 2.26. The van der Waals surface area contributed by atoms with Gasteiger partial charge in [-0.25, -0.2) is 8.78 Å². The second-order valence-electron chi connectivity index (χ2n) is 3.37. The third-order valence-corrected chi connectivity index (χ3v) is 3.40. The Hall–Kier alpha value is -0.750. The van der Waals surface area contributed by atoms with Crippen molar-refractivity contribution in [1.29, 1.82) is 0 Å². The molecule has 0 radical (unpaired) electrons. The van der Waals surface area contributed by atoms with Crippen LogP contribution in [0.4, 0.5) is 8.78 Å². The van der Waals surface area contributed by atoms with E-state index in [-0.39, 0.29) is 28.9 Å². The van der Waals surface area contributed by atoms with Crippen LogP contribution in [0.25, 0.3) is 0 Å². The highest BCUT2D eigenvalue weighted by atomic mass is 79.9. The summed E-state index contributed by atoms with van der Waals surface area (Å²) in [6, 6.07) is 0. The van der Waals surface area contributed by atoms with Crippen molar-refractivity contribution < 1.29 is 18.3 Å². The molecule has 0 bridgehead atoms. The number of hydrogen-bond acceptors (Lipinski definition) is 3. The van der Waals surface area contributed by atoms with E-state index in [1.807, 2.05) is 0 Å². The Morgan fingerprint density at radius 1 is 1.61 bits per heavy atom. The normalized spacial score (nSPS) is 10.8. The van der Waals surface area contributed by atoms with E-state index < -0.39 is 12.4 Å². The first-order chi connectivity index (χ1) is 8.51. The maximum absolute atomic E-state index is 12.7. The van der Waals surface area contributed by atoms with Crippen molar-refractivity contribution in [3.63, 3.8) is 0 Å². The monoisotopic (exact) mass is 341 g/mol. The molecule has 0 aliphatic heterocycles. The number of rotatable bonds is 5. The van der Waals surface area contributed by atoms with Crippen LogP contribution < -0.4 is 0 Å². The van der Waals surface area contributed by atoms with Gasteiger partial charge in [0.2, 0.25) is 0 Å². The number of esters is 1. The summed E-state index contributed by atoms with van der Waals surface area (Å²) in [6.45, 7) is 1.90. The van der Waals surface area contributed by atoms with Crippen molar-refractivity contribution in [2.45, 2.75) is 25.7 Å². The largest absolute Gasteiger partial charge is 0.466 e. The first-order valence-electron chi connectivity index (χ1n) is 5.17. The second kappa shape index (κ2) is 6.99. The Balaban J connectivity index is 3.13. The average molecular weight is 343 g/mol. The van der Waals surface area contributed by atoms with Gasteiger partial charge in [-0.3, -0.25) is 9.78 Å². The lowest BCUT2D eigenvalue weighted by atomic mass is 10.1. The molecule has 0 unspecified atom stereocenters. The minimum Gasteiger partial charge on any atom is -0.466 e. The van der Waals surface area contributed by atoms with Crippen LogP contribution in [0.3, 0.4) is 0 Å². The Bertz CT molecular complexity index is 443. The fraction of sp³-hybridized carbons (Fsp3) is 0.455. The minimum atomic E-state index is -2.67. The van der Waals surface area contributed by atoms with Crippen LogP contribution in [0.1, 0.15) is 30.2 Å². The van der Waals surface area contributed by atoms with Gasteiger partial charge in [-0.1, -0.05) is 0 Å². The number of nitrogens with zero attached hydrogens (tertiary/aromatic N) is 1. The van der Waals surface area contributed by atoms with E-state index in [0.717, 1.165) is 6.20 Å². The van der Waals surface area contributed by atoms with Gasteiger partial charge in [0.15, 0.2) is 0 Å². The zero-order valence-corrected chi connectivity index (χ0v) is 11.9. The number of carbonyl (C=O) groups excluding carboxylic acids is 1. The minimum absolute atomic E-state index is 0.0385. The Morgan fingerprint density at radius 2 is 2.28 bits per heavy atom. The number of pyridine rings is 1. The number of alkyl halides is 3. The topological polar surface area (TPSA) is 39.2 Å². The highest BCUT2D eigenvalue weighted by Crippen LogP contribution is 2.31. The van der Waals surface area contributed by atoms with Crippen LogP contribution in [0.2, 0.25) is 0 Å². The van der Waals surface area contributed by atoms with Gasteiger partial charge >= 0.3 is 5.97 Å². The molecule has 0 aromatic carbocycles. The molecule has 0 atom stereocenters. The lowest BCUT2D eigenvalue weighted by Crippen LogP contribution is -2.11. The molecule has 3 nitrogen and oxygen atoms in total. The smallest absolute Gasteiger partial charge is 0.310 e. The molecule has 0 amide bonds. The zero-order chi connectivity index (χ0) is 13.7. The van der Waals surface area contributed by atoms with Crippen LogP contribution in [-0.2, 0) is 21.8 Å². The van der Waals surface area contributed by atoms with Gasteiger partial charge in [0.1, 0.15) is 0 Å². The molecule has 18 heavy (non-hydrogen) atoms. The molecule has 0 fully saturated rings. The SMILES string of the molecule is CCOC(=O)Cc1c(CCl)ncc(C(F)F)c1Br. The molecule has 1 rings (SSSR count). The lowest BCUT2D eigenvalue weighted by molar-refractivity contribution is -0.142. The Labute approximate surface area is 117 Å². The highest BCUT2D eigenvalue weighted by Gasteiger charge is 2.20. The summed E-state index contributed by atoms with van der Waals surface area (Å²) >= 11 is 8.74. The van der Waals surface area contributed by atoms with Gasteiger partial charge in [-0.15, -0.1) is 11.6 Å². The van der Waals surface area contributed by atoms with Crippen LogP contribution in [0.5, 0.6) is 0 Å². The Morgan fingerprint density at radius 3 is 2.78 bits per heavy atom. The van der Waals surface area contributed by atoms with E-state index in [1.165, 1.54) is 0 Å². The second-order valence-corrected chi connectivity index (χ2v) is 4.43. The molecular formula is C11H11BrClF2NO2. The molecule has 1 aromatic heterocycles. The molecule has 0 aliphatic rings. The van der Waals surface area contributed by atoms with E-state index in [4.69, 9.17) is 16.3 Å². The quantitative estimate of drug-likeness (QED) is 0.606. The molecule has 0 spiro atoms. The van der Waals surface area contributed by atoms with E-state index in [1.54, 1.807) is 6.92 Å². The number of ether oxygens (including phenoxy) is 1. The van der Waals surface area contributed by atoms with Gasteiger partial charge in [-0.05, 0) is 22.9 Å². The van der Waals surface area contributed by atoms with Crippen molar-refractivity contribution in [3.05, 3.63) is 27.5 Å². The van der Waals surface area contributed by atoms with E-state index in [9.17, 15) is 13.6 Å². The molecule has 7 heteroatoms. The third-order valence-electron chi connectivity index (χ3n) is 2.21. The van der Waals surface area contributed by atoms with Crippen molar-refractivity contribution in [2.24, 2.45) is 0 Å².